The number of aromatic nitrogens is 1. The number of thiazole rings is 1. The second kappa shape index (κ2) is 6.22. The first-order valence-electron chi connectivity index (χ1n) is 5.07. The van der Waals surface area contributed by atoms with E-state index in [1.54, 1.807) is 0 Å². The molecule has 1 aromatic rings. The molecule has 0 aliphatic rings. The fraction of sp³-hybridized carbons (Fsp3) is 0.500. The number of carboxylic acid groups (broad SMARTS) is 1. The van der Waals surface area contributed by atoms with Crippen LogP contribution in [0.1, 0.15) is 35.9 Å². The fourth-order valence-electron chi connectivity index (χ4n) is 1.22. The Morgan fingerprint density at radius 2 is 2.38 bits per heavy atom. The molecule has 1 aromatic heterocycles. The molecule has 0 radical (unpaired) electrons. The summed E-state index contributed by atoms with van der Waals surface area (Å²) in [6.45, 7) is 1.98. The lowest BCUT2D eigenvalue weighted by Gasteiger charge is -2.12. The average Bonchev–Trinajstić information content (AvgIpc) is 2.76. The maximum absolute atomic E-state index is 11.6. The maximum atomic E-state index is 11.6. The minimum absolute atomic E-state index is 0.369. The highest BCUT2D eigenvalue weighted by atomic mass is 32.1. The third-order valence-electron chi connectivity index (χ3n) is 2.11. The Kier molecular flexibility index (Phi) is 4.91. The van der Waals surface area contributed by atoms with E-state index in [4.69, 9.17) is 5.11 Å². The van der Waals surface area contributed by atoms with Crippen LogP contribution in [0.15, 0.2) is 11.7 Å². The highest BCUT2D eigenvalue weighted by molar-refractivity contribution is 7.11. The third-order valence-corrected chi connectivity index (χ3v) is 2.88. The molecule has 1 amide bonds. The third kappa shape index (κ3) is 3.62. The van der Waals surface area contributed by atoms with E-state index in [9.17, 15) is 9.59 Å². The topological polar surface area (TPSA) is 79.3 Å². The molecule has 0 spiro atoms. The number of unbranched alkanes of at least 4 members (excludes halogenated alkanes) is 1. The van der Waals surface area contributed by atoms with E-state index < -0.39 is 12.0 Å². The molecule has 5 nitrogen and oxygen atoms in total. The Hall–Kier alpha value is -1.43. The number of hydrogen-bond donors (Lipinski definition) is 2. The first kappa shape index (κ1) is 12.6. The van der Waals surface area contributed by atoms with Crippen LogP contribution >= 0.6 is 11.3 Å². The van der Waals surface area contributed by atoms with Crippen molar-refractivity contribution in [2.45, 2.75) is 32.2 Å². The van der Waals surface area contributed by atoms with Crippen molar-refractivity contribution in [2.24, 2.45) is 0 Å². The van der Waals surface area contributed by atoms with Crippen LogP contribution in [0.2, 0.25) is 0 Å². The molecular formula is C10H14N2O3S. The summed E-state index contributed by atoms with van der Waals surface area (Å²) < 4.78 is 0. The number of hydrogen-bond acceptors (Lipinski definition) is 4. The SMILES string of the molecule is CCCC[C@H](NC(=O)c1cncs1)C(=O)O. The highest BCUT2D eigenvalue weighted by Crippen LogP contribution is 2.07. The summed E-state index contributed by atoms with van der Waals surface area (Å²) in [5, 5.41) is 11.4. The van der Waals surface area contributed by atoms with Crippen molar-refractivity contribution in [1.82, 2.24) is 10.3 Å². The fourth-order valence-corrected chi connectivity index (χ4v) is 1.75. The van der Waals surface area contributed by atoms with Gasteiger partial charge in [0.1, 0.15) is 10.9 Å². The van der Waals surface area contributed by atoms with Crippen LogP contribution in [0.3, 0.4) is 0 Å². The van der Waals surface area contributed by atoms with Crippen LogP contribution in [0, 0.1) is 0 Å². The number of nitrogens with zero attached hydrogens (tertiary/aromatic N) is 1. The van der Waals surface area contributed by atoms with Gasteiger partial charge in [-0.15, -0.1) is 11.3 Å². The van der Waals surface area contributed by atoms with Gasteiger partial charge >= 0.3 is 5.97 Å². The summed E-state index contributed by atoms with van der Waals surface area (Å²) in [5.74, 6) is -1.36. The molecule has 0 aromatic carbocycles. The Morgan fingerprint density at radius 1 is 1.62 bits per heavy atom. The zero-order chi connectivity index (χ0) is 12.0. The quantitative estimate of drug-likeness (QED) is 0.792. The lowest BCUT2D eigenvalue weighted by molar-refractivity contribution is -0.139. The summed E-state index contributed by atoms with van der Waals surface area (Å²) in [7, 11) is 0. The maximum Gasteiger partial charge on any atom is 0.326 e. The monoisotopic (exact) mass is 242 g/mol. The molecular weight excluding hydrogens is 228 g/mol. The van der Waals surface area contributed by atoms with Gasteiger partial charge in [-0.05, 0) is 6.42 Å². The molecule has 16 heavy (non-hydrogen) atoms. The normalized spacial score (nSPS) is 12.1. The zero-order valence-electron chi connectivity index (χ0n) is 8.97. The largest absolute Gasteiger partial charge is 0.480 e. The van der Waals surface area contributed by atoms with E-state index >= 15 is 0 Å². The number of carbonyl (C=O) groups is 2. The number of carbonyl (C=O) groups excluding carboxylic acids is 1. The van der Waals surface area contributed by atoms with Crippen molar-refractivity contribution in [2.75, 3.05) is 0 Å². The van der Waals surface area contributed by atoms with Crippen LogP contribution in [0.25, 0.3) is 0 Å². The molecule has 1 atom stereocenters. The van der Waals surface area contributed by atoms with Crippen molar-refractivity contribution in [3.63, 3.8) is 0 Å². The summed E-state index contributed by atoms with van der Waals surface area (Å²) >= 11 is 1.19. The van der Waals surface area contributed by atoms with Crippen molar-refractivity contribution in [3.8, 4) is 0 Å². The molecule has 0 aliphatic heterocycles. The summed E-state index contributed by atoms with van der Waals surface area (Å²) in [6, 6.07) is -0.811. The van der Waals surface area contributed by atoms with Crippen LogP contribution in [-0.2, 0) is 4.79 Å². The lowest BCUT2D eigenvalue weighted by Crippen LogP contribution is -2.40. The predicted octanol–water partition coefficient (Wildman–Crippen LogP) is 1.52. The first-order chi connectivity index (χ1) is 7.65. The Balaban J connectivity index is 2.54. The van der Waals surface area contributed by atoms with Gasteiger partial charge in [-0.1, -0.05) is 19.8 Å². The molecule has 0 saturated carbocycles. The Morgan fingerprint density at radius 3 is 2.88 bits per heavy atom. The second-order valence-corrected chi connectivity index (χ2v) is 4.26. The van der Waals surface area contributed by atoms with Crippen molar-refractivity contribution in [3.05, 3.63) is 16.6 Å². The molecule has 1 heterocycles. The van der Waals surface area contributed by atoms with Gasteiger partial charge in [-0.25, -0.2) is 4.79 Å². The zero-order valence-corrected chi connectivity index (χ0v) is 9.79. The Bertz CT molecular complexity index is 351. The minimum atomic E-state index is -0.994. The number of amides is 1. The molecule has 88 valence electrons. The van der Waals surface area contributed by atoms with Gasteiger partial charge in [0.25, 0.3) is 5.91 Å². The molecule has 0 aliphatic carbocycles. The second-order valence-electron chi connectivity index (χ2n) is 3.37. The Labute approximate surface area is 97.5 Å². The van der Waals surface area contributed by atoms with Gasteiger partial charge < -0.3 is 10.4 Å². The number of aliphatic carboxylic acids is 1. The molecule has 6 heteroatoms. The average molecular weight is 242 g/mol. The summed E-state index contributed by atoms with van der Waals surface area (Å²) in [4.78, 5) is 26.7. The van der Waals surface area contributed by atoms with E-state index in [0.29, 0.717) is 11.3 Å². The standard InChI is InChI=1S/C10H14N2O3S/c1-2-3-4-7(10(14)15)12-9(13)8-5-11-6-16-8/h5-7H,2-4H2,1H3,(H,12,13)(H,14,15)/t7-/m0/s1. The van der Waals surface area contributed by atoms with Gasteiger partial charge in [-0.3, -0.25) is 9.78 Å². The molecule has 0 fully saturated rings. The van der Waals surface area contributed by atoms with Crippen molar-refractivity contribution in [1.29, 1.82) is 0 Å². The number of nitrogens with one attached hydrogen (secondary N) is 1. The number of carboxylic acids is 1. The van der Waals surface area contributed by atoms with E-state index in [0.717, 1.165) is 12.8 Å². The molecule has 2 N–H and O–H groups in total. The number of rotatable bonds is 6. The van der Waals surface area contributed by atoms with Crippen LogP contribution < -0.4 is 5.32 Å². The van der Waals surface area contributed by atoms with Gasteiger partial charge in [0, 0.05) is 0 Å². The van der Waals surface area contributed by atoms with Crippen LogP contribution in [-0.4, -0.2) is 28.0 Å². The molecule has 0 saturated heterocycles. The van der Waals surface area contributed by atoms with Gasteiger partial charge in [0.05, 0.1) is 11.7 Å². The van der Waals surface area contributed by atoms with Gasteiger partial charge in [0.2, 0.25) is 0 Å². The highest BCUT2D eigenvalue weighted by Gasteiger charge is 2.20. The van der Waals surface area contributed by atoms with E-state index in [2.05, 4.69) is 10.3 Å². The van der Waals surface area contributed by atoms with Crippen molar-refractivity contribution >= 4 is 23.2 Å². The van der Waals surface area contributed by atoms with Gasteiger partial charge in [0.15, 0.2) is 0 Å². The van der Waals surface area contributed by atoms with Crippen LogP contribution in [0.5, 0.6) is 0 Å². The minimum Gasteiger partial charge on any atom is -0.480 e. The first-order valence-corrected chi connectivity index (χ1v) is 5.95. The van der Waals surface area contributed by atoms with Gasteiger partial charge in [-0.2, -0.15) is 0 Å². The van der Waals surface area contributed by atoms with Crippen molar-refractivity contribution < 1.29 is 14.7 Å². The van der Waals surface area contributed by atoms with E-state index in [1.807, 2.05) is 6.92 Å². The van der Waals surface area contributed by atoms with Crippen LogP contribution in [0.4, 0.5) is 0 Å². The predicted molar refractivity (Wildman–Crippen MR) is 60.5 cm³/mol. The summed E-state index contributed by atoms with van der Waals surface area (Å²) in [6.07, 6.45) is 3.56. The molecule has 0 unspecified atom stereocenters. The lowest BCUT2D eigenvalue weighted by atomic mass is 10.1. The smallest absolute Gasteiger partial charge is 0.326 e. The summed E-state index contributed by atoms with van der Waals surface area (Å²) in [5.41, 5.74) is 1.54. The molecule has 1 rings (SSSR count). The molecule has 0 bridgehead atoms. The van der Waals surface area contributed by atoms with E-state index in [-0.39, 0.29) is 5.91 Å². The van der Waals surface area contributed by atoms with E-state index in [1.165, 1.54) is 23.0 Å².